The van der Waals surface area contributed by atoms with Crippen LogP contribution in [0.1, 0.15) is 31.2 Å². The molecule has 1 rings (SSSR count). The maximum Gasteiger partial charge on any atom is 0.433 e. The van der Waals surface area contributed by atoms with Crippen LogP contribution in [-0.2, 0) is 6.18 Å². The molecule has 0 N–H and O–H groups in total. The first kappa shape index (κ1) is 11.2. The molecule has 2 nitrogen and oxygen atoms in total. The summed E-state index contributed by atoms with van der Waals surface area (Å²) in [6.45, 7) is 3.47. The Kier molecular flexibility index (Phi) is 2.99. The third-order valence-electron chi connectivity index (χ3n) is 1.60. The Morgan fingerprint density at radius 2 is 1.86 bits per heavy atom. The standard InChI is InChI=1S/C8H8ClF3N2/c1-4(2)5-3-6(8(10,11)12)14-7(9)13-5/h3-4H,1-2H3. The fourth-order valence-electron chi connectivity index (χ4n) is 0.877. The van der Waals surface area contributed by atoms with Gasteiger partial charge in [-0.05, 0) is 23.6 Å². The molecule has 0 amide bonds. The molecule has 0 saturated carbocycles. The third-order valence-corrected chi connectivity index (χ3v) is 1.77. The molecule has 1 aromatic heterocycles. The Bertz CT molecular complexity index is 336. The van der Waals surface area contributed by atoms with Crippen molar-refractivity contribution in [3.8, 4) is 0 Å². The summed E-state index contributed by atoms with van der Waals surface area (Å²) in [4.78, 5) is 6.82. The van der Waals surface area contributed by atoms with Gasteiger partial charge in [-0.15, -0.1) is 0 Å². The first-order valence-electron chi connectivity index (χ1n) is 3.92. The van der Waals surface area contributed by atoms with Crippen LogP contribution in [0.2, 0.25) is 5.28 Å². The topological polar surface area (TPSA) is 25.8 Å². The summed E-state index contributed by atoms with van der Waals surface area (Å²) in [5.74, 6) is -0.114. The number of halogens is 4. The SMILES string of the molecule is CC(C)c1cc(C(F)(F)F)nc(Cl)n1. The molecule has 1 heterocycles. The molecule has 1 aromatic rings. The lowest BCUT2D eigenvalue weighted by Gasteiger charge is -2.09. The van der Waals surface area contributed by atoms with Crippen LogP contribution in [0.3, 0.4) is 0 Å². The zero-order valence-corrected chi connectivity index (χ0v) is 8.32. The molecule has 0 aromatic carbocycles. The van der Waals surface area contributed by atoms with E-state index < -0.39 is 11.9 Å². The van der Waals surface area contributed by atoms with E-state index in [1.165, 1.54) is 0 Å². The molecule has 14 heavy (non-hydrogen) atoms. The minimum Gasteiger partial charge on any atom is -0.223 e. The van der Waals surface area contributed by atoms with Gasteiger partial charge in [0.2, 0.25) is 5.28 Å². The van der Waals surface area contributed by atoms with E-state index in [1.54, 1.807) is 13.8 Å². The summed E-state index contributed by atoms with van der Waals surface area (Å²) in [6.07, 6.45) is -4.48. The van der Waals surface area contributed by atoms with Gasteiger partial charge in [0.05, 0.1) is 0 Å². The number of alkyl halides is 3. The van der Waals surface area contributed by atoms with Crippen molar-refractivity contribution in [2.45, 2.75) is 25.9 Å². The van der Waals surface area contributed by atoms with Crippen molar-refractivity contribution >= 4 is 11.6 Å². The molecule has 0 aliphatic heterocycles. The fraction of sp³-hybridized carbons (Fsp3) is 0.500. The second-order valence-corrected chi connectivity index (χ2v) is 3.44. The highest BCUT2D eigenvalue weighted by molar-refractivity contribution is 6.28. The van der Waals surface area contributed by atoms with Crippen molar-refractivity contribution in [3.05, 3.63) is 22.7 Å². The first-order valence-corrected chi connectivity index (χ1v) is 4.30. The first-order chi connectivity index (χ1) is 6.30. The molecule has 0 saturated heterocycles. The Morgan fingerprint density at radius 1 is 1.29 bits per heavy atom. The van der Waals surface area contributed by atoms with Gasteiger partial charge in [0.15, 0.2) is 0 Å². The van der Waals surface area contributed by atoms with E-state index in [2.05, 4.69) is 9.97 Å². The van der Waals surface area contributed by atoms with Gasteiger partial charge in [-0.2, -0.15) is 13.2 Å². The van der Waals surface area contributed by atoms with Gasteiger partial charge in [0.1, 0.15) is 5.69 Å². The number of nitrogens with zero attached hydrogens (tertiary/aromatic N) is 2. The normalized spacial score (nSPS) is 12.2. The van der Waals surface area contributed by atoms with Crippen molar-refractivity contribution in [1.82, 2.24) is 9.97 Å². The van der Waals surface area contributed by atoms with Crippen LogP contribution in [0, 0.1) is 0 Å². The highest BCUT2D eigenvalue weighted by Gasteiger charge is 2.33. The third kappa shape index (κ3) is 2.57. The predicted octanol–water partition coefficient (Wildman–Crippen LogP) is 3.27. The van der Waals surface area contributed by atoms with Gasteiger partial charge in [-0.25, -0.2) is 9.97 Å². The minimum atomic E-state index is -4.48. The van der Waals surface area contributed by atoms with E-state index in [9.17, 15) is 13.2 Å². The van der Waals surface area contributed by atoms with Crippen molar-refractivity contribution in [1.29, 1.82) is 0 Å². The van der Waals surface area contributed by atoms with Gasteiger partial charge in [-0.3, -0.25) is 0 Å². The quantitative estimate of drug-likeness (QED) is 0.685. The van der Waals surface area contributed by atoms with Crippen LogP contribution in [0.25, 0.3) is 0 Å². The highest BCUT2D eigenvalue weighted by atomic mass is 35.5. The van der Waals surface area contributed by atoms with E-state index in [0.717, 1.165) is 6.07 Å². The molecule has 0 unspecified atom stereocenters. The van der Waals surface area contributed by atoms with Crippen molar-refractivity contribution in [3.63, 3.8) is 0 Å². The molecule has 0 fully saturated rings. The molecule has 0 aliphatic carbocycles. The molecular weight excluding hydrogens is 217 g/mol. The second-order valence-electron chi connectivity index (χ2n) is 3.10. The summed E-state index contributed by atoms with van der Waals surface area (Å²) in [5, 5.41) is -0.372. The van der Waals surface area contributed by atoms with E-state index in [1.807, 2.05) is 0 Å². The Balaban J connectivity index is 3.21. The molecule has 78 valence electrons. The molecule has 0 radical (unpaired) electrons. The predicted molar refractivity (Wildman–Crippen MR) is 46.1 cm³/mol. The Morgan fingerprint density at radius 3 is 2.29 bits per heavy atom. The van der Waals surface area contributed by atoms with Gasteiger partial charge >= 0.3 is 6.18 Å². The summed E-state index contributed by atoms with van der Waals surface area (Å²) in [5.41, 5.74) is -0.710. The van der Waals surface area contributed by atoms with Crippen LogP contribution >= 0.6 is 11.6 Å². The summed E-state index contributed by atoms with van der Waals surface area (Å²) >= 11 is 5.38. The largest absolute Gasteiger partial charge is 0.433 e. The van der Waals surface area contributed by atoms with Crippen LogP contribution in [0.4, 0.5) is 13.2 Å². The van der Waals surface area contributed by atoms with Crippen molar-refractivity contribution in [2.75, 3.05) is 0 Å². The maximum absolute atomic E-state index is 12.3. The highest BCUT2D eigenvalue weighted by Crippen LogP contribution is 2.29. The van der Waals surface area contributed by atoms with Gasteiger partial charge in [0, 0.05) is 5.69 Å². The zero-order valence-electron chi connectivity index (χ0n) is 7.56. The smallest absolute Gasteiger partial charge is 0.223 e. The lowest BCUT2D eigenvalue weighted by atomic mass is 10.1. The van der Waals surface area contributed by atoms with Gasteiger partial charge in [0.25, 0.3) is 0 Å². The lowest BCUT2D eigenvalue weighted by Crippen LogP contribution is -2.10. The summed E-state index contributed by atoms with van der Waals surface area (Å²) in [7, 11) is 0. The van der Waals surface area contributed by atoms with Crippen LogP contribution in [-0.4, -0.2) is 9.97 Å². The second kappa shape index (κ2) is 3.73. The van der Waals surface area contributed by atoms with E-state index in [0.29, 0.717) is 0 Å². The Labute approximate surface area is 84.1 Å². The lowest BCUT2D eigenvalue weighted by molar-refractivity contribution is -0.141. The fourth-order valence-corrected chi connectivity index (χ4v) is 1.07. The van der Waals surface area contributed by atoms with Crippen LogP contribution < -0.4 is 0 Å². The number of hydrogen-bond donors (Lipinski definition) is 0. The molecule has 0 spiro atoms. The van der Waals surface area contributed by atoms with Crippen LogP contribution in [0.15, 0.2) is 6.07 Å². The number of aromatic nitrogens is 2. The monoisotopic (exact) mass is 224 g/mol. The van der Waals surface area contributed by atoms with E-state index >= 15 is 0 Å². The Hall–Kier alpha value is -0.840. The molecule has 0 bridgehead atoms. The summed E-state index contributed by atoms with van der Waals surface area (Å²) in [6, 6.07) is 0.913. The zero-order chi connectivity index (χ0) is 10.9. The summed E-state index contributed by atoms with van der Waals surface area (Å²) < 4.78 is 36.8. The van der Waals surface area contributed by atoms with Crippen molar-refractivity contribution in [2.24, 2.45) is 0 Å². The average molecular weight is 225 g/mol. The number of rotatable bonds is 1. The molecule has 0 aliphatic rings. The number of hydrogen-bond acceptors (Lipinski definition) is 2. The van der Waals surface area contributed by atoms with E-state index in [4.69, 9.17) is 11.6 Å². The van der Waals surface area contributed by atoms with Crippen LogP contribution in [0.5, 0.6) is 0 Å². The van der Waals surface area contributed by atoms with Gasteiger partial charge < -0.3 is 0 Å². The minimum absolute atomic E-state index is 0.114. The van der Waals surface area contributed by atoms with E-state index in [-0.39, 0.29) is 16.9 Å². The molecule has 6 heteroatoms. The molecular formula is C8H8ClF3N2. The maximum atomic E-state index is 12.3. The van der Waals surface area contributed by atoms with Crippen molar-refractivity contribution < 1.29 is 13.2 Å². The van der Waals surface area contributed by atoms with Gasteiger partial charge in [-0.1, -0.05) is 13.8 Å². The molecule has 0 atom stereocenters. The average Bonchev–Trinajstić information content (AvgIpc) is 2.01.